The second kappa shape index (κ2) is 7.50. The highest BCUT2D eigenvalue weighted by Crippen LogP contribution is 2.40. The first-order valence-electron chi connectivity index (χ1n) is 9.62. The normalized spacial score (nSPS) is 24.4. The van der Waals surface area contributed by atoms with Gasteiger partial charge in [-0.2, -0.15) is 4.31 Å². The number of piperidine rings is 1. The van der Waals surface area contributed by atoms with Crippen LogP contribution in [0.25, 0.3) is 0 Å². The number of rotatable bonds is 4. The molecule has 0 saturated carbocycles. The standard InChI is InChI=1S/C21H22F2N2O3S/c1-13-10-19(8-9-20(13)23)29(27,28)25-17-6-7-18(25)12-16(11-17)24-21(26)14-2-4-15(22)5-3-14/h2-5,8-10,16-18H,6-7,11-12H2,1H3,(H,24,26). The van der Waals surface area contributed by atoms with Gasteiger partial charge in [0.1, 0.15) is 11.6 Å². The van der Waals surface area contributed by atoms with Gasteiger partial charge in [-0.1, -0.05) is 0 Å². The van der Waals surface area contributed by atoms with Crippen molar-refractivity contribution in [2.75, 3.05) is 0 Å². The zero-order valence-corrected chi connectivity index (χ0v) is 16.8. The lowest BCUT2D eigenvalue weighted by atomic mass is 9.99. The highest BCUT2D eigenvalue weighted by Gasteiger charge is 2.47. The molecule has 1 amide bonds. The van der Waals surface area contributed by atoms with Crippen LogP contribution in [-0.2, 0) is 10.0 Å². The van der Waals surface area contributed by atoms with Crippen LogP contribution >= 0.6 is 0 Å². The van der Waals surface area contributed by atoms with Crippen molar-refractivity contribution in [3.8, 4) is 0 Å². The van der Waals surface area contributed by atoms with Crippen LogP contribution in [0.2, 0.25) is 0 Å². The fourth-order valence-corrected chi connectivity index (χ4v) is 6.39. The maximum absolute atomic E-state index is 13.6. The molecular weight excluding hydrogens is 398 g/mol. The summed E-state index contributed by atoms with van der Waals surface area (Å²) in [4.78, 5) is 12.5. The third-order valence-corrected chi connectivity index (χ3v) is 7.81. The van der Waals surface area contributed by atoms with E-state index in [1.165, 1.54) is 42.5 Å². The van der Waals surface area contributed by atoms with Crippen molar-refractivity contribution in [2.24, 2.45) is 0 Å². The topological polar surface area (TPSA) is 66.5 Å². The van der Waals surface area contributed by atoms with E-state index in [4.69, 9.17) is 0 Å². The van der Waals surface area contributed by atoms with Crippen molar-refractivity contribution >= 4 is 15.9 Å². The van der Waals surface area contributed by atoms with Crippen LogP contribution in [0.5, 0.6) is 0 Å². The Bertz CT molecular complexity index is 1030. The lowest BCUT2D eigenvalue weighted by Crippen LogP contribution is -2.52. The number of hydrogen-bond acceptors (Lipinski definition) is 3. The minimum Gasteiger partial charge on any atom is -0.349 e. The Hall–Kier alpha value is -2.32. The summed E-state index contributed by atoms with van der Waals surface area (Å²) >= 11 is 0. The summed E-state index contributed by atoms with van der Waals surface area (Å²) in [6.45, 7) is 1.54. The van der Waals surface area contributed by atoms with Crippen molar-refractivity contribution in [3.63, 3.8) is 0 Å². The fourth-order valence-electron chi connectivity index (χ4n) is 4.41. The number of aryl methyl sites for hydroxylation is 1. The minimum atomic E-state index is -3.73. The molecule has 2 atom stereocenters. The van der Waals surface area contributed by atoms with Gasteiger partial charge < -0.3 is 5.32 Å². The fraction of sp³-hybridized carbons (Fsp3) is 0.381. The molecule has 2 aliphatic heterocycles. The summed E-state index contributed by atoms with van der Waals surface area (Å²) in [6.07, 6.45) is 2.49. The van der Waals surface area contributed by atoms with Crippen LogP contribution in [-0.4, -0.2) is 36.8 Å². The average molecular weight is 420 g/mol. The first kappa shape index (κ1) is 20.0. The Morgan fingerprint density at radius 1 is 1.03 bits per heavy atom. The van der Waals surface area contributed by atoms with E-state index in [0.29, 0.717) is 24.0 Å². The second-order valence-corrected chi connectivity index (χ2v) is 9.62. The van der Waals surface area contributed by atoms with E-state index in [0.717, 1.165) is 12.8 Å². The third kappa shape index (κ3) is 3.79. The molecule has 8 heteroatoms. The smallest absolute Gasteiger partial charge is 0.251 e. The van der Waals surface area contributed by atoms with E-state index >= 15 is 0 Å². The number of nitrogens with one attached hydrogen (secondary N) is 1. The summed E-state index contributed by atoms with van der Waals surface area (Å²) in [5, 5.41) is 2.95. The molecule has 0 radical (unpaired) electrons. The predicted octanol–water partition coefficient (Wildman–Crippen LogP) is 3.39. The molecule has 0 aromatic heterocycles. The van der Waals surface area contributed by atoms with Gasteiger partial charge in [0.15, 0.2) is 0 Å². The van der Waals surface area contributed by atoms with Crippen LogP contribution < -0.4 is 5.32 Å². The van der Waals surface area contributed by atoms with Crippen molar-refractivity contribution in [1.29, 1.82) is 0 Å². The second-order valence-electron chi connectivity index (χ2n) is 7.78. The molecule has 4 rings (SSSR count). The molecule has 2 saturated heterocycles. The summed E-state index contributed by atoms with van der Waals surface area (Å²) in [7, 11) is -3.73. The number of fused-ring (bicyclic) bond motifs is 2. The van der Waals surface area contributed by atoms with Gasteiger partial charge in [-0.25, -0.2) is 17.2 Å². The SMILES string of the molecule is Cc1cc(S(=O)(=O)N2C3CCC2CC(NC(=O)c2ccc(F)cc2)C3)ccc1F. The van der Waals surface area contributed by atoms with E-state index in [1.54, 1.807) is 11.2 Å². The van der Waals surface area contributed by atoms with Gasteiger partial charge >= 0.3 is 0 Å². The number of nitrogens with zero attached hydrogens (tertiary/aromatic N) is 1. The number of carbonyl (C=O) groups excluding carboxylic acids is 1. The summed E-state index contributed by atoms with van der Waals surface area (Å²) < 4.78 is 54.5. The molecular formula is C21H22F2N2O3S. The molecule has 2 fully saturated rings. The maximum Gasteiger partial charge on any atom is 0.251 e. The number of sulfonamides is 1. The first-order chi connectivity index (χ1) is 13.8. The Morgan fingerprint density at radius 3 is 2.24 bits per heavy atom. The van der Waals surface area contributed by atoms with Crippen molar-refractivity contribution in [3.05, 3.63) is 65.2 Å². The first-order valence-corrected chi connectivity index (χ1v) is 11.1. The molecule has 2 heterocycles. The molecule has 29 heavy (non-hydrogen) atoms. The lowest BCUT2D eigenvalue weighted by molar-refractivity contribution is 0.0909. The number of hydrogen-bond donors (Lipinski definition) is 1. The predicted molar refractivity (Wildman–Crippen MR) is 104 cm³/mol. The minimum absolute atomic E-state index is 0.0992. The van der Waals surface area contributed by atoms with Crippen LogP contribution in [0.15, 0.2) is 47.4 Å². The molecule has 154 valence electrons. The summed E-state index contributed by atoms with van der Waals surface area (Å²) in [5.41, 5.74) is 0.662. The quantitative estimate of drug-likeness (QED) is 0.825. The van der Waals surface area contributed by atoms with Crippen molar-refractivity contribution in [1.82, 2.24) is 9.62 Å². The monoisotopic (exact) mass is 420 g/mol. The molecule has 2 aromatic carbocycles. The maximum atomic E-state index is 13.6. The summed E-state index contributed by atoms with van der Waals surface area (Å²) in [5.74, 6) is -1.14. The Balaban J connectivity index is 1.49. The van der Waals surface area contributed by atoms with Gasteiger partial charge in [0, 0.05) is 23.7 Å². The van der Waals surface area contributed by atoms with Crippen LogP contribution in [0, 0.1) is 18.6 Å². The zero-order valence-electron chi connectivity index (χ0n) is 15.9. The number of benzene rings is 2. The van der Waals surface area contributed by atoms with E-state index in [2.05, 4.69) is 5.32 Å². The van der Waals surface area contributed by atoms with Crippen LogP contribution in [0.4, 0.5) is 8.78 Å². The molecule has 5 nitrogen and oxygen atoms in total. The van der Waals surface area contributed by atoms with Crippen molar-refractivity contribution < 1.29 is 22.0 Å². The molecule has 2 aromatic rings. The number of halogens is 2. The van der Waals surface area contributed by atoms with Gasteiger partial charge in [-0.15, -0.1) is 0 Å². The third-order valence-electron chi connectivity index (χ3n) is 5.81. The Kier molecular flexibility index (Phi) is 5.16. The highest BCUT2D eigenvalue weighted by atomic mass is 32.2. The molecule has 1 N–H and O–H groups in total. The van der Waals surface area contributed by atoms with Gasteiger partial charge in [0.2, 0.25) is 10.0 Å². The zero-order chi connectivity index (χ0) is 20.8. The average Bonchev–Trinajstić information content (AvgIpc) is 2.96. The molecule has 2 unspecified atom stereocenters. The highest BCUT2D eigenvalue weighted by molar-refractivity contribution is 7.89. The van der Waals surface area contributed by atoms with Crippen LogP contribution in [0.3, 0.4) is 0 Å². The Morgan fingerprint density at radius 2 is 1.66 bits per heavy atom. The lowest BCUT2D eigenvalue weighted by Gasteiger charge is -2.38. The molecule has 0 aliphatic carbocycles. The molecule has 2 aliphatic rings. The van der Waals surface area contributed by atoms with E-state index < -0.39 is 21.7 Å². The molecule has 0 spiro atoms. The van der Waals surface area contributed by atoms with Gasteiger partial charge in [0.05, 0.1) is 4.90 Å². The number of amides is 1. The van der Waals surface area contributed by atoms with Gasteiger partial charge in [-0.3, -0.25) is 4.79 Å². The van der Waals surface area contributed by atoms with Crippen molar-refractivity contribution in [2.45, 2.75) is 55.6 Å². The van der Waals surface area contributed by atoms with Gasteiger partial charge in [0.25, 0.3) is 5.91 Å². The Labute approximate surface area is 168 Å². The van der Waals surface area contributed by atoms with Gasteiger partial charge in [-0.05, 0) is 80.6 Å². The number of carbonyl (C=O) groups is 1. The van der Waals surface area contributed by atoms with Crippen LogP contribution in [0.1, 0.15) is 41.6 Å². The largest absolute Gasteiger partial charge is 0.349 e. The van der Waals surface area contributed by atoms with E-state index in [-0.39, 0.29) is 28.9 Å². The van der Waals surface area contributed by atoms with E-state index in [1.807, 2.05) is 0 Å². The summed E-state index contributed by atoms with van der Waals surface area (Å²) in [6, 6.07) is 8.62. The molecule has 2 bridgehead atoms. The van der Waals surface area contributed by atoms with E-state index in [9.17, 15) is 22.0 Å².